The van der Waals surface area contributed by atoms with E-state index in [2.05, 4.69) is 11.8 Å². The Morgan fingerprint density at radius 3 is 2.58 bits per heavy atom. The Bertz CT molecular complexity index is 153. The fraction of sp³-hybridized carbons (Fsp3) is 1.00. The van der Waals surface area contributed by atoms with Crippen molar-refractivity contribution in [3.05, 3.63) is 0 Å². The summed E-state index contributed by atoms with van der Waals surface area (Å²) < 4.78 is 11.0. The lowest BCUT2D eigenvalue weighted by molar-refractivity contribution is 0.277. The first-order valence-electron chi connectivity index (χ1n) is 4.55. The highest BCUT2D eigenvalue weighted by molar-refractivity contribution is 7.85. The Hall–Kier alpha value is 0.0700. The molecule has 1 unspecified atom stereocenters. The van der Waals surface area contributed by atoms with Crippen molar-refractivity contribution in [2.45, 2.75) is 19.4 Å². The van der Waals surface area contributed by atoms with E-state index < -0.39 is 10.8 Å². The van der Waals surface area contributed by atoms with Gasteiger partial charge in [-0.05, 0) is 6.42 Å². The molecule has 0 aliphatic carbocycles. The van der Waals surface area contributed by atoms with Gasteiger partial charge >= 0.3 is 0 Å². The monoisotopic (exact) mass is 190 g/mol. The van der Waals surface area contributed by atoms with Gasteiger partial charge in [-0.3, -0.25) is 9.11 Å². The lowest BCUT2D eigenvalue weighted by Gasteiger charge is -2.28. The average Bonchev–Trinajstić information content (AvgIpc) is 2.09. The van der Waals surface area contributed by atoms with Crippen LogP contribution in [0, 0.1) is 0 Å². The molecule has 3 nitrogen and oxygen atoms in total. The van der Waals surface area contributed by atoms with E-state index in [9.17, 15) is 4.21 Å². The van der Waals surface area contributed by atoms with Gasteiger partial charge < -0.3 is 5.73 Å². The number of nitrogens with zero attached hydrogens (tertiary/aromatic N) is 1. The first-order valence-corrected chi connectivity index (χ1v) is 6.04. The molecule has 1 saturated heterocycles. The summed E-state index contributed by atoms with van der Waals surface area (Å²) in [4.78, 5) is 2.32. The maximum atomic E-state index is 11.0. The summed E-state index contributed by atoms with van der Waals surface area (Å²) in [5.41, 5.74) is 5.82. The molecule has 0 aromatic carbocycles. The van der Waals surface area contributed by atoms with Crippen molar-refractivity contribution in [3.8, 4) is 0 Å². The molecule has 1 heterocycles. The summed E-state index contributed by atoms with van der Waals surface area (Å²) in [5, 5.41) is 0. The van der Waals surface area contributed by atoms with E-state index in [1.54, 1.807) is 0 Å². The zero-order valence-corrected chi connectivity index (χ0v) is 8.48. The van der Waals surface area contributed by atoms with E-state index in [4.69, 9.17) is 5.73 Å². The van der Waals surface area contributed by atoms with Crippen LogP contribution in [0.5, 0.6) is 0 Å². The largest absolute Gasteiger partial charge is 0.327 e. The standard InChI is InChI=1S/C8H18N2OS/c1-2-8(9)7-10-3-5-12(11)6-4-10/h8H,2-7,9H2,1H3. The predicted molar refractivity (Wildman–Crippen MR) is 52.6 cm³/mol. The smallest absolute Gasteiger partial charge is 0.0363 e. The van der Waals surface area contributed by atoms with Crippen LogP contribution in [0.3, 0.4) is 0 Å². The van der Waals surface area contributed by atoms with E-state index in [-0.39, 0.29) is 6.04 Å². The molecule has 1 fully saturated rings. The van der Waals surface area contributed by atoms with Gasteiger partial charge in [-0.1, -0.05) is 6.92 Å². The Labute approximate surface area is 76.8 Å². The first kappa shape index (κ1) is 10.2. The third kappa shape index (κ3) is 3.21. The lowest BCUT2D eigenvalue weighted by Crippen LogP contribution is -2.44. The van der Waals surface area contributed by atoms with E-state index >= 15 is 0 Å². The summed E-state index contributed by atoms with van der Waals surface area (Å²) in [6.45, 7) is 4.99. The van der Waals surface area contributed by atoms with Gasteiger partial charge in [-0.15, -0.1) is 0 Å². The van der Waals surface area contributed by atoms with Crippen LogP contribution in [0.4, 0.5) is 0 Å². The van der Waals surface area contributed by atoms with Crippen molar-refractivity contribution in [3.63, 3.8) is 0 Å². The highest BCUT2D eigenvalue weighted by Crippen LogP contribution is 2.01. The van der Waals surface area contributed by atoms with Gasteiger partial charge in [0.1, 0.15) is 0 Å². The molecule has 0 aromatic heterocycles. The zero-order valence-electron chi connectivity index (χ0n) is 7.66. The Morgan fingerprint density at radius 2 is 2.08 bits per heavy atom. The van der Waals surface area contributed by atoms with Crippen molar-refractivity contribution >= 4 is 10.8 Å². The minimum atomic E-state index is -0.560. The fourth-order valence-corrected chi connectivity index (χ4v) is 2.45. The molecule has 0 bridgehead atoms. The molecule has 2 N–H and O–H groups in total. The van der Waals surface area contributed by atoms with Gasteiger partial charge in [-0.25, -0.2) is 0 Å². The predicted octanol–water partition coefficient (Wildman–Crippen LogP) is -0.212. The molecule has 1 rings (SSSR count). The molecule has 12 heavy (non-hydrogen) atoms. The highest BCUT2D eigenvalue weighted by Gasteiger charge is 2.16. The average molecular weight is 190 g/mol. The van der Waals surface area contributed by atoms with Crippen molar-refractivity contribution in [1.82, 2.24) is 4.90 Å². The Balaban J connectivity index is 2.21. The molecule has 0 saturated carbocycles. The van der Waals surface area contributed by atoms with Crippen molar-refractivity contribution in [2.75, 3.05) is 31.1 Å². The third-order valence-electron chi connectivity index (χ3n) is 2.29. The Kier molecular flexibility index (Phi) is 4.18. The number of hydrogen-bond acceptors (Lipinski definition) is 3. The van der Waals surface area contributed by atoms with E-state index in [0.29, 0.717) is 0 Å². The van der Waals surface area contributed by atoms with Gasteiger partial charge in [0.25, 0.3) is 0 Å². The minimum Gasteiger partial charge on any atom is -0.327 e. The van der Waals surface area contributed by atoms with Crippen LogP contribution in [0.25, 0.3) is 0 Å². The quantitative estimate of drug-likeness (QED) is 0.670. The Morgan fingerprint density at radius 1 is 1.50 bits per heavy atom. The van der Waals surface area contributed by atoms with E-state index in [0.717, 1.165) is 37.6 Å². The van der Waals surface area contributed by atoms with Crippen molar-refractivity contribution in [1.29, 1.82) is 0 Å². The highest BCUT2D eigenvalue weighted by atomic mass is 32.2. The maximum absolute atomic E-state index is 11.0. The van der Waals surface area contributed by atoms with Crippen LogP contribution in [-0.2, 0) is 10.8 Å². The topological polar surface area (TPSA) is 46.3 Å². The normalized spacial score (nSPS) is 24.2. The number of hydrogen-bond donors (Lipinski definition) is 1. The number of nitrogens with two attached hydrogens (primary N) is 1. The van der Waals surface area contributed by atoms with Crippen LogP contribution < -0.4 is 5.73 Å². The second kappa shape index (κ2) is 4.94. The maximum Gasteiger partial charge on any atom is 0.0363 e. The van der Waals surface area contributed by atoms with Gasteiger partial charge in [0.05, 0.1) is 0 Å². The molecule has 0 radical (unpaired) electrons. The molecule has 1 atom stereocenters. The van der Waals surface area contributed by atoms with Gasteiger partial charge in [0, 0.05) is 48.0 Å². The van der Waals surface area contributed by atoms with Gasteiger partial charge in [-0.2, -0.15) is 0 Å². The summed E-state index contributed by atoms with van der Waals surface area (Å²) >= 11 is 0. The second-order valence-corrected chi connectivity index (χ2v) is 5.01. The molecule has 1 aliphatic heterocycles. The SMILES string of the molecule is CCC(N)CN1CCS(=O)CC1. The zero-order chi connectivity index (χ0) is 8.97. The molecule has 1 aliphatic rings. The van der Waals surface area contributed by atoms with Crippen LogP contribution >= 0.6 is 0 Å². The molecular weight excluding hydrogens is 172 g/mol. The lowest BCUT2D eigenvalue weighted by atomic mass is 10.2. The van der Waals surface area contributed by atoms with Gasteiger partial charge in [0.15, 0.2) is 0 Å². The molecule has 0 aromatic rings. The first-order chi connectivity index (χ1) is 5.72. The van der Waals surface area contributed by atoms with Gasteiger partial charge in [0.2, 0.25) is 0 Å². The van der Waals surface area contributed by atoms with Crippen LogP contribution in [0.2, 0.25) is 0 Å². The summed E-state index contributed by atoms with van der Waals surface area (Å²) in [6.07, 6.45) is 1.03. The molecule has 0 amide bonds. The van der Waals surface area contributed by atoms with E-state index in [1.807, 2.05) is 0 Å². The molecule has 4 heteroatoms. The van der Waals surface area contributed by atoms with Crippen molar-refractivity contribution < 1.29 is 4.21 Å². The summed E-state index contributed by atoms with van der Waals surface area (Å²) in [5.74, 6) is 1.66. The summed E-state index contributed by atoms with van der Waals surface area (Å²) in [7, 11) is -0.560. The third-order valence-corrected chi connectivity index (χ3v) is 3.56. The minimum absolute atomic E-state index is 0.288. The van der Waals surface area contributed by atoms with Crippen LogP contribution in [0.15, 0.2) is 0 Å². The molecular formula is C8H18N2OS. The van der Waals surface area contributed by atoms with Crippen molar-refractivity contribution in [2.24, 2.45) is 5.73 Å². The number of rotatable bonds is 3. The summed E-state index contributed by atoms with van der Waals surface area (Å²) in [6, 6.07) is 0.288. The van der Waals surface area contributed by atoms with E-state index in [1.165, 1.54) is 0 Å². The fourth-order valence-electron chi connectivity index (χ4n) is 1.32. The van der Waals surface area contributed by atoms with Crippen LogP contribution in [0.1, 0.15) is 13.3 Å². The molecule has 0 spiro atoms. The van der Waals surface area contributed by atoms with Crippen LogP contribution in [-0.4, -0.2) is 46.3 Å². The second-order valence-electron chi connectivity index (χ2n) is 3.32. The molecule has 72 valence electrons.